The van der Waals surface area contributed by atoms with Gasteiger partial charge >= 0.3 is 0 Å². The Morgan fingerprint density at radius 3 is 2.27 bits per heavy atom. The van der Waals surface area contributed by atoms with Crippen LogP contribution in [-0.4, -0.2) is 10.2 Å². The van der Waals surface area contributed by atoms with Gasteiger partial charge in [-0.05, 0) is 29.8 Å². The molecule has 1 amide bonds. The van der Waals surface area contributed by atoms with Crippen molar-refractivity contribution in [2.45, 2.75) is 10.3 Å². The van der Waals surface area contributed by atoms with E-state index in [0.29, 0.717) is 5.56 Å². The van der Waals surface area contributed by atoms with Gasteiger partial charge in [0.2, 0.25) is 5.91 Å². The number of carbonyl (C=O) groups is 1. The SMILES string of the molecule is Nc1c(F)ccc(NC(=O)C2C(c3cc(Cl)c(Cl)c(Cl)c3)C2(Cl)Cl)c1F. The summed E-state index contributed by atoms with van der Waals surface area (Å²) in [4.78, 5) is 12.5. The predicted molar refractivity (Wildman–Crippen MR) is 102 cm³/mol. The maximum Gasteiger partial charge on any atom is 0.231 e. The lowest BCUT2D eigenvalue weighted by molar-refractivity contribution is -0.117. The monoisotopic (exact) mass is 458 g/mol. The summed E-state index contributed by atoms with van der Waals surface area (Å²) in [7, 11) is 0. The van der Waals surface area contributed by atoms with E-state index in [4.69, 9.17) is 63.7 Å². The lowest BCUT2D eigenvalue weighted by atomic mass is 10.1. The summed E-state index contributed by atoms with van der Waals surface area (Å²) < 4.78 is 25.7. The van der Waals surface area contributed by atoms with E-state index in [1.165, 1.54) is 12.1 Å². The highest BCUT2D eigenvalue weighted by Gasteiger charge is 2.67. The lowest BCUT2D eigenvalue weighted by Gasteiger charge is -2.08. The third kappa shape index (κ3) is 3.32. The molecule has 2 aromatic carbocycles. The number of halogens is 7. The average Bonchev–Trinajstić information content (AvgIpc) is 3.15. The molecule has 1 fully saturated rings. The molecule has 10 heteroatoms. The fourth-order valence-corrected chi connectivity index (χ4v) is 4.14. The van der Waals surface area contributed by atoms with Gasteiger partial charge in [0.05, 0.1) is 26.7 Å². The van der Waals surface area contributed by atoms with Crippen molar-refractivity contribution in [3.8, 4) is 0 Å². The highest BCUT2D eigenvalue weighted by molar-refractivity contribution is 6.54. The van der Waals surface area contributed by atoms with Crippen LogP contribution in [0.3, 0.4) is 0 Å². The normalized spacial score (nSPS) is 20.7. The molecule has 2 unspecified atom stereocenters. The number of amides is 1. The smallest absolute Gasteiger partial charge is 0.231 e. The van der Waals surface area contributed by atoms with Crippen molar-refractivity contribution >= 4 is 75.3 Å². The molecular weight excluding hydrogens is 451 g/mol. The number of nitrogens with one attached hydrogen (secondary N) is 1. The molecule has 3 rings (SSSR count). The van der Waals surface area contributed by atoms with E-state index in [2.05, 4.69) is 5.32 Å². The van der Waals surface area contributed by atoms with Crippen molar-refractivity contribution in [2.75, 3.05) is 11.1 Å². The third-order valence-electron chi connectivity index (χ3n) is 4.09. The van der Waals surface area contributed by atoms with Gasteiger partial charge < -0.3 is 11.1 Å². The lowest BCUT2D eigenvalue weighted by Crippen LogP contribution is -2.18. The van der Waals surface area contributed by atoms with Gasteiger partial charge in [-0.25, -0.2) is 8.78 Å². The molecule has 2 aromatic rings. The summed E-state index contributed by atoms with van der Waals surface area (Å²) in [6, 6.07) is 5.00. The predicted octanol–water partition coefficient (Wildman–Crippen LogP) is 6.03. The zero-order valence-corrected chi connectivity index (χ0v) is 16.4. The van der Waals surface area contributed by atoms with Crippen molar-refractivity contribution in [2.24, 2.45) is 5.92 Å². The minimum atomic E-state index is -1.45. The molecule has 0 heterocycles. The van der Waals surface area contributed by atoms with Gasteiger partial charge in [0.15, 0.2) is 5.82 Å². The van der Waals surface area contributed by atoms with Crippen LogP contribution in [0.4, 0.5) is 20.2 Å². The van der Waals surface area contributed by atoms with Gasteiger partial charge in [-0.15, -0.1) is 23.2 Å². The van der Waals surface area contributed by atoms with Gasteiger partial charge in [0.25, 0.3) is 0 Å². The van der Waals surface area contributed by atoms with Gasteiger partial charge in [0, 0.05) is 5.92 Å². The first-order chi connectivity index (χ1) is 12.1. The molecule has 1 aliphatic carbocycles. The van der Waals surface area contributed by atoms with Crippen LogP contribution in [0.2, 0.25) is 15.1 Å². The number of benzene rings is 2. The van der Waals surface area contributed by atoms with E-state index < -0.39 is 39.4 Å². The molecule has 0 bridgehead atoms. The number of nitrogen functional groups attached to an aromatic ring is 1. The van der Waals surface area contributed by atoms with Crippen LogP contribution in [0.25, 0.3) is 0 Å². The Labute approximate surface area is 172 Å². The zero-order chi connectivity index (χ0) is 19.4. The number of anilines is 2. The Morgan fingerprint density at radius 2 is 1.69 bits per heavy atom. The third-order valence-corrected chi connectivity index (χ3v) is 6.22. The Kier molecular flexibility index (Phi) is 5.23. The second kappa shape index (κ2) is 6.88. The van der Waals surface area contributed by atoms with Gasteiger partial charge in [-0.2, -0.15) is 0 Å². The molecule has 0 aromatic heterocycles. The molecule has 138 valence electrons. The Hall–Kier alpha value is -0.980. The molecule has 0 radical (unpaired) electrons. The Bertz CT molecular complexity index is 899. The van der Waals surface area contributed by atoms with E-state index in [9.17, 15) is 13.6 Å². The molecule has 0 saturated heterocycles. The largest absolute Gasteiger partial charge is 0.394 e. The Balaban J connectivity index is 1.86. The van der Waals surface area contributed by atoms with E-state index in [0.717, 1.165) is 12.1 Å². The summed E-state index contributed by atoms with van der Waals surface area (Å²) in [5, 5.41) is 2.84. The topological polar surface area (TPSA) is 55.1 Å². The Morgan fingerprint density at radius 1 is 1.12 bits per heavy atom. The number of carbonyl (C=O) groups excluding carboxylic acids is 1. The fraction of sp³-hybridized carbons (Fsp3) is 0.188. The van der Waals surface area contributed by atoms with Crippen molar-refractivity contribution in [3.05, 3.63) is 56.5 Å². The van der Waals surface area contributed by atoms with Crippen molar-refractivity contribution < 1.29 is 13.6 Å². The zero-order valence-electron chi connectivity index (χ0n) is 12.6. The van der Waals surface area contributed by atoms with Crippen molar-refractivity contribution in [1.29, 1.82) is 0 Å². The van der Waals surface area contributed by atoms with E-state index in [1.807, 2.05) is 0 Å². The van der Waals surface area contributed by atoms with Crippen LogP contribution in [0.1, 0.15) is 11.5 Å². The molecule has 3 N–H and O–H groups in total. The van der Waals surface area contributed by atoms with Gasteiger partial charge in [0.1, 0.15) is 15.8 Å². The van der Waals surface area contributed by atoms with Gasteiger partial charge in [-0.3, -0.25) is 4.79 Å². The highest BCUT2D eigenvalue weighted by Crippen LogP contribution is 2.65. The number of rotatable bonds is 3. The maximum absolute atomic E-state index is 14.0. The summed E-state index contributed by atoms with van der Waals surface area (Å²) >= 11 is 30.3. The van der Waals surface area contributed by atoms with Crippen LogP contribution in [-0.2, 0) is 4.79 Å². The molecule has 1 aliphatic rings. The number of hydrogen-bond acceptors (Lipinski definition) is 2. The van der Waals surface area contributed by atoms with Gasteiger partial charge in [-0.1, -0.05) is 34.8 Å². The summed E-state index contributed by atoms with van der Waals surface area (Å²) in [6.45, 7) is 0. The number of nitrogens with two attached hydrogens (primary N) is 1. The molecule has 2 atom stereocenters. The van der Waals surface area contributed by atoms with Crippen LogP contribution < -0.4 is 11.1 Å². The number of hydrogen-bond donors (Lipinski definition) is 2. The van der Waals surface area contributed by atoms with Crippen LogP contribution in [0.5, 0.6) is 0 Å². The minimum absolute atomic E-state index is 0.164. The number of alkyl halides is 2. The first-order valence-electron chi connectivity index (χ1n) is 7.12. The fourth-order valence-electron chi connectivity index (χ4n) is 2.70. The van der Waals surface area contributed by atoms with Crippen LogP contribution in [0, 0.1) is 17.6 Å². The standard InChI is InChI=1S/C16H9Cl5F2N2O/c17-6-3-5(4-7(18)12(6)19)10-11(16(10,20)21)15(26)25-9-2-1-8(22)14(24)13(9)23/h1-4,10-11H,24H2,(H,25,26). The van der Waals surface area contributed by atoms with Crippen molar-refractivity contribution in [1.82, 2.24) is 0 Å². The van der Waals surface area contributed by atoms with E-state index in [1.54, 1.807) is 0 Å². The van der Waals surface area contributed by atoms with Crippen molar-refractivity contribution in [3.63, 3.8) is 0 Å². The highest BCUT2D eigenvalue weighted by atomic mass is 35.5. The summed E-state index contributed by atoms with van der Waals surface area (Å²) in [5.74, 6) is -4.22. The second-order valence-electron chi connectivity index (χ2n) is 5.74. The van der Waals surface area contributed by atoms with E-state index in [-0.39, 0.29) is 20.8 Å². The molecule has 0 aliphatic heterocycles. The minimum Gasteiger partial charge on any atom is -0.394 e. The average molecular weight is 461 g/mol. The maximum atomic E-state index is 14.0. The summed E-state index contributed by atoms with van der Waals surface area (Å²) in [6.07, 6.45) is 0. The molecule has 26 heavy (non-hydrogen) atoms. The van der Waals surface area contributed by atoms with Crippen LogP contribution >= 0.6 is 58.0 Å². The second-order valence-corrected chi connectivity index (χ2v) is 8.38. The molecule has 1 saturated carbocycles. The van der Waals surface area contributed by atoms with E-state index >= 15 is 0 Å². The first kappa shape index (κ1) is 19.8. The first-order valence-corrected chi connectivity index (χ1v) is 9.01. The summed E-state index contributed by atoms with van der Waals surface area (Å²) in [5.41, 5.74) is 4.80. The quantitative estimate of drug-likeness (QED) is 0.334. The molecule has 0 spiro atoms. The molecule has 3 nitrogen and oxygen atoms in total. The molecular formula is C16H9Cl5F2N2O. The van der Waals surface area contributed by atoms with Crippen LogP contribution in [0.15, 0.2) is 24.3 Å².